The molecule has 0 radical (unpaired) electrons. The molecule has 7 heteroatoms. The monoisotopic (exact) mass is 417 g/mol. The number of fused-ring (bicyclic) bond motifs is 3. The normalized spacial score (nSPS) is 20.0. The summed E-state index contributed by atoms with van der Waals surface area (Å²) in [5.74, 6) is -0.814. The SMILES string of the molecule is O=C(NC1(C(=O)O)CCc2ccccc21)c1ccc2c(=O)n3c(nc2c1)CCCCC3. The number of aryl methyl sites for hydroxylation is 2. The van der Waals surface area contributed by atoms with E-state index in [4.69, 9.17) is 0 Å². The van der Waals surface area contributed by atoms with Gasteiger partial charge in [0.25, 0.3) is 11.5 Å². The Morgan fingerprint density at radius 1 is 1.06 bits per heavy atom. The summed E-state index contributed by atoms with van der Waals surface area (Å²) in [6, 6.07) is 12.1. The van der Waals surface area contributed by atoms with Gasteiger partial charge in [0.05, 0.1) is 10.9 Å². The van der Waals surface area contributed by atoms with Crippen LogP contribution < -0.4 is 10.9 Å². The van der Waals surface area contributed by atoms with Gasteiger partial charge in [0.15, 0.2) is 5.54 Å². The van der Waals surface area contributed by atoms with E-state index in [0.29, 0.717) is 41.4 Å². The number of carboxylic acid groups (broad SMARTS) is 1. The first-order valence-electron chi connectivity index (χ1n) is 10.7. The van der Waals surface area contributed by atoms with Crippen LogP contribution in [0.5, 0.6) is 0 Å². The Labute approximate surface area is 178 Å². The molecule has 0 bridgehead atoms. The van der Waals surface area contributed by atoms with Crippen LogP contribution in [0.4, 0.5) is 0 Å². The number of aliphatic carboxylic acids is 1. The van der Waals surface area contributed by atoms with Gasteiger partial charge in [0.2, 0.25) is 0 Å². The zero-order chi connectivity index (χ0) is 21.6. The van der Waals surface area contributed by atoms with Crippen molar-refractivity contribution in [1.82, 2.24) is 14.9 Å². The van der Waals surface area contributed by atoms with Gasteiger partial charge >= 0.3 is 5.97 Å². The Bertz CT molecular complexity index is 1280. The maximum atomic E-state index is 13.1. The highest BCUT2D eigenvalue weighted by molar-refractivity contribution is 6.01. The van der Waals surface area contributed by atoms with Gasteiger partial charge in [-0.1, -0.05) is 30.7 Å². The number of hydrogen-bond acceptors (Lipinski definition) is 4. The van der Waals surface area contributed by atoms with Crippen LogP contribution in [0, 0.1) is 0 Å². The van der Waals surface area contributed by atoms with Crippen LogP contribution in [0.15, 0.2) is 47.3 Å². The lowest BCUT2D eigenvalue weighted by Gasteiger charge is -2.27. The molecule has 1 aliphatic heterocycles. The van der Waals surface area contributed by atoms with Gasteiger partial charge in [0, 0.05) is 18.5 Å². The first kappa shape index (κ1) is 19.5. The molecule has 1 unspecified atom stereocenters. The van der Waals surface area contributed by atoms with Crippen LogP contribution in [0.2, 0.25) is 0 Å². The predicted octanol–water partition coefficient (Wildman–Crippen LogP) is 2.78. The molecule has 0 fully saturated rings. The van der Waals surface area contributed by atoms with Crippen molar-refractivity contribution in [3.63, 3.8) is 0 Å². The molecule has 5 rings (SSSR count). The van der Waals surface area contributed by atoms with E-state index in [1.54, 1.807) is 34.9 Å². The average Bonchev–Trinajstić information content (AvgIpc) is 2.97. The lowest BCUT2D eigenvalue weighted by atomic mass is 9.91. The van der Waals surface area contributed by atoms with Gasteiger partial charge in [-0.2, -0.15) is 0 Å². The van der Waals surface area contributed by atoms with E-state index in [2.05, 4.69) is 10.3 Å². The van der Waals surface area contributed by atoms with Crippen molar-refractivity contribution in [2.45, 2.75) is 50.6 Å². The number of carbonyl (C=O) groups is 2. The fraction of sp³-hybridized carbons (Fsp3) is 0.333. The Kier molecular flexibility index (Phi) is 4.61. The van der Waals surface area contributed by atoms with Crippen molar-refractivity contribution in [2.75, 3.05) is 0 Å². The van der Waals surface area contributed by atoms with Gasteiger partial charge in [-0.3, -0.25) is 14.2 Å². The Hall–Kier alpha value is -3.48. The molecule has 1 aliphatic carbocycles. The zero-order valence-corrected chi connectivity index (χ0v) is 17.1. The summed E-state index contributed by atoms with van der Waals surface area (Å²) < 4.78 is 1.74. The number of hydrogen-bond donors (Lipinski definition) is 2. The van der Waals surface area contributed by atoms with E-state index in [9.17, 15) is 19.5 Å². The molecular weight excluding hydrogens is 394 g/mol. The number of carbonyl (C=O) groups excluding carboxylic acids is 1. The van der Waals surface area contributed by atoms with E-state index in [-0.39, 0.29) is 5.56 Å². The highest BCUT2D eigenvalue weighted by Gasteiger charge is 2.46. The molecule has 0 saturated carbocycles. The molecular formula is C24H23N3O4. The lowest BCUT2D eigenvalue weighted by molar-refractivity contribution is -0.144. The fourth-order valence-electron chi connectivity index (χ4n) is 4.84. The Balaban J connectivity index is 1.53. The number of rotatable bonds is 3. The Morgan fingerprint density at radius 3 is 2.74 bits per heavy atom. The standard InChI is InChI=1S/C24H23N3O4/c28-21(26-24(23(30)31)12-11-15-6-3-4-7-18(15)24)16-9-10-17-19(14-16)25-20-8-2-1-5-13-27(20)22(17)29/h3-4,6-7,9-10,14H,1-2,5,8,11-13H2,(H,26,28)(H,30,31). The molecule has 31 heavy (non-hydrogen) atoms. The van der Waals surface area contributed by atoms with E-state index in [1.165, 1.54) is 0 Å². The summed E-state index contributed by atoms with van der Waals surface area (Å²) in [6.45, 7) is 0.667. The van der Waals surface area contributed by atoms with E-state index >= 15 is 0 Å². The van der Waals surface area contributed by atoms with Gasteiger partial charge in [0.1, 0.15) is 5.82 Å². The van der Waals surface area contributed by atoms with E-state index in [0.717, 1.165) is 37.1 Å². The molecule has 1 aromatic heterocycles. The van der Waals surface area contributed by atoms with Crippen molar-refractivity contribution in [3.05, 3.63) is 75.3 Å². The minimum atomic E-state index is -1.45. The maximum Gasteiger partial charge on any atom is 0.334 e. The predicted molar refractivity (Wildman–Crippen MR) is 115 cm³/mol. The molecule has 2 N–H and O–H groups in total. The quantitative estimate of drug-likeness (QED) is 0.682. The second-order valence-corrected chi connectivity index (χ2v) is 8.35. The van der Waals surface area contributed by atoms with Crippen molar-refractivity contribution >= 4 is 22.8 Å². The number of amides is 1. The second-order valence-electron chi connectivity index (χ2n) is 8.35. The summed E-state index contributed by atoms with van der Waals surface area (Å²) in [5, 5.41) is 13.2. The first-order chi connectivity index (χ1) is 15.0. The van der Waals surface area contributed by atoms with Gasteiger partial charge < -0.3 is 10.4 Å². The number of aromatic nitrogens is 2. The average molecular weight is 417 g/mol. The summed E-state index contributed by atoms with van der Waals surface area (Å²) >= 11 is 0. The third kappa shape index (κ3) is 3.12. The van der Waals surface area contributed by atoms with Crippen LogP contribution in [0.25, 0.3) is 10.9 Å². The van der Waals surface area contributed by atoms with E-state index in [1.807, 2.05) is 12.1 Å². The highest BCUT2D eigenvalue weighted by atomic mass is 16.4. The second kappa shape index (κ2) is 7.34. The number of nitrogens with zero attached hydrogens (tertiary/aromatic N) is 2. The van der Waals surface area contributed by atoms with Gasteiger partial charge in [-0.05, 0) is 55.0 Å². The van der Waals surface area contributed by atoms with Crippen LogP contribution >= 0.6 is 0 Å². The summed E-state index contributed by atoms with van der Waals surface area (Å²) in [6.07, 6.45) is 4.63. The third-order valence-electron chi connectivity index (χ3n) is 6.52. The fourth-order valence-corrected chi connectivity index (χ4v) is 4.84. The number of carboxylic acids is 1. The van der Waals surface area contributed by atoms with Crippen LogP contribution in [0.1, 0.15) is 53.0 Å². The number of nitrogens with one attached hydrogen (secondary N) is 1. The minimum absolute atomic E-state index is 0.0828. The van der Waals surface area contributed by atoms with Crippen LogP contribution in [-0.4, -0.2) is 26.5 Å². The molecule has 7 nitrogen and oxygen atoms in total. The molecule has 3 aromatic rings. The minimum Gasteiger partial charge on any atom is -0.479 e. The van der Waals surface area contributed by atoms with Crippen molar-refractivity contribution in [2.24, 2.45) is 0 Å². The number of benzene rings is 2. The molecule has 2 aliphatic rings. The first-order valence-corrected chi connectivity index (χ1v) is 10.7. The molecule has 0 spiro atoms. The summed E-state index contributed by atoms with van der Waals surface area (Å²) in [5.41, 5.74) is 0.786. The molecule has 2 aromatic carbocycles. The molecule has 158 valence electrons. The van der Waals surface area contributed by atoms with Gasteiger partial charge in [-0.25, -0.2) is 9.78 Å². The van der Waals surface area contributed by atoms with Crippen LogP contribution in [-0.2, 0) is 29.7 Å². The molecule has 2 heterocycles. The molecule has 1 amide bonds. The van der Waals surface area contributed by atoms with E-state index < -0.39 is 17.4 Å². The summed E-state index contributed by atoms with van der Waals surface area (Å²) in [4.78, 5) is 42.9. The third-order valence-corrected chi connectivity index (χ3v) is 6.52. The largest absolute Gasteiger partial charge is 0.479 e. The summed E-state index contributed by atoms with van der Waals surface area (Å²) in [7, 11) is 0. The molecule has 0 saturated heterocycles. The smallest absolute Gasteiger partial charge is 0.334 e. The topological polar surface area (TPSA) is 101 Å². The van der Waals surface area contributed by atoms with Crippen molar-refractivity contribution in [1.29, 1.82) is 0 Å². The lowest BCUT2D eigenvalue weighted by Crippen LogP contribution is -2.50. The molecule has 1 atom stereocenters. The van der Waals surface area contributed by atoms with Gasteiger partial charge in [-0.15, -0.1) is 0 Å². The highest BCUT2D eigenvalue weighted by Crippen LogP contribution is 2.37. The maximum absolute atomic E-state index is 13.1. The van der Waals surface area contributed by atoms with Crippen molar-refractivity contribution in [3.8, 4) is 0 Å². The zero-order valence-electron chi connectivity index (χ0n) is 17.1. The van der Waals surface area contributed by atoms with Crippen LogP contribution in [0.3, 0.4) is 0 Å². The van der Waals surface area contributed by atoms with Crippen molar-refractivity contribution < 1.29 is 14.7 Å². The Morgan fingerprint density at radius 2 is 1.90 bits per heavy atom.